The Morgan fingerprint density at radius 2 is 2.31 bits per heavy atom. The molecule has 0 aliphatic carbocycles. The summed E-state index contributed by atoms with van der Waals surface area (Å²) in [5.74, 6) is 1.47. The molecule has 0 spiro atoms. The molecule has 5 heteroatoms. The maximum absolute atomic E-state index is 5.66. The van der Waals surface area contributed by atoms with E-state index in [0.29, 0.717) is 5.82 Å². The van der Waals surface area contributed by atoms with Gasteiger partial charge in [0.1, 0.15) is 5.82 Å². The molecule has 13 heavy (non-hydrogen) atoms. The van der Waals surface area contributed by atoms with Crippen molar-refractivity contribution in [3.8, 4) is 10.8 Å². The third-order valence-corrected chi connectivity index (χ3v) is 2.83. The summed E-state index contributed by atoms with van der Waals surface area (Å²) >= 11 is 1.57. The van der Waals surface area contributed by atoms with E-state index in [1.807, 2.05) is 24.7 Å². The molecule has 0 bridgehead atoms. The first-order valence-electron chi connectivity index (χ1n) is 3.89. The number of nitrogen functional groups attached to an aromatic ring is 1. The number of hydrogen-bond acceptors (Lipinski definition) is 4. The van der Waals surface area contributed by atoms with E-state index in [0.717, 1.165) is 15.7 Å². The molecule has 0 unspecified atom stereocenters. The monoisotopic (exact) mass is 194 g/mol. The van der Waals surface area contributed by atoms with Gasteiger partial charge in [-0.3, -0.25) is 0 Å². The summed E-state index contributed by atoms with van der Waals surface area (Å²) in [7, 11) is 1.94. The van der Waals surface area contributed by atoms with E-state index in [2.05, 4.69) is 9.97 Å². The highest BCUT2D eigenvalue weighted by molar-refractivity contribution is 7.15. The van der Waals surface area contributed by atoms with Crippen molar-refractivity contribution in [2.24, 2.45) is 7.05 Å². The van der Waals surface area contributed by atoms with Crippen molar-refractivity contribution in [2.45, 2.75) is 6.92 Å². The van der Waals surface area contributed by atoms with Gasteiger partial charge in [-0.1, -0.05) is 0 Å². The summed E-state index contributed by atoms with van der Waals surface area (Å²) in [6.07, 6.45) is 3.64. The lowest BCUT2D eigenvalue weighted by Gasteiger charge is -1.94. The van der Waals surface area contributed by atoms with Gasteiger partial charge >= 0.3 is 0 Å². The molecule has 0 fully saturated rings. The molecular formula is C8H10N4S. The van der Waals surface area contributed by atoms with E-state index in [1.165, 1.54) is 0 Å². The minimum atomic E-state index is 0.600. The molecule has 0 amide bonds. The second-order valence-corrected chi connectivity index (χ2v) is 4.03. The number of imidazole rings is 1. The maximum Gasteiger partial charge on any atom is 0.169 e. The number of rotatable bonds is 1. The summed E-state index contributed by atoms with van der Waals surface area (Å²) in [6.45, 7) is 1.96. The minimum absolute atomic E-state index is 0.600. The van der Waals surface area contributed by atoms with Crippen LogP contribution in [0.3, 0.4) is 0 Å². The van der Waals surface area contributed by atoms with Gasteiger partial charge < -0.3 is 10.3 Å². The Hall–Kier alpha value is -1.36. The zero-order chi connectivity index (χ0) is 9.42. The lowest BCUT2D eigenvalue weighted by molar-refractivity contribution is 0.923. The fourth-order valence-corrected chi connectivity index (χ4v) is 1.95. The lowest BCUT2D eigenvalue weighted by Crippen LogP contribution is -1.91. The Morgan fingerprint density at radius 3 is 2.77 bits per heavy atom. The number of nitrogens with zero attached hydrogens (tertiary/aromatic N) is 3. The van der Waals surface area contributed by atoms with Crippen LogP contribution in [0, 0.1) is 6.92 Å². The van der Waals surface area contributed by atoms with Gasteiger partial charge in [-0.25, -0.2) is 9.97 Å². The molecule has 2 aromatic heterocycles. The van der Waals surface area contributed by atoms with Crippen LogP contribution in [0.1, 0.15) is 4.88 Å². The molecule has 2 heterocycles. The lowest BCUT2D eigenvalue weighted by atomic mass is 10.5. The molecule has 0 aliphatic rings. The smallest absolute Gasteiger partial charge is 0.169 e. The Morgan fingerprint density at radius 1 is 1.54 bits per heavy atom. The molecule has 0 aromatic carbocycles. The van der Waals surface area contributed by atoms with Crippen LogP contribution in [0.15, 0.2) is 12.4 Å². The van der Waals surface area contributed by atoms with E-state index >= 15 is 0 Å². The van der Waals surface area contributed by atoms with Crippen LogP contribution in [-0.4, -0.2) is 14.5 Å². The van der Waals surface area contributed by atoms with Crippen molar-refractivity contribution in [1.29, 1.82) is 0 Å². The summed E-state index contributed by atoms with van der Waals surface area (Å²) in [5.41, 5.74) is 5.66. The van der Waals surface area contributed by atoms with Crippen LogP contribution in [0.2, 0.25) is 0 Å². The van der Waals surface area contributed by atoms with Crippen molar-refractivity contribution in [3.05, 3.63) is 17.3 Å². The standard InChI is InChI=1S/C8H10N4S/c1-5-6(9)11-8(13-5)7-10-3-4-12(7)2/h3-4H,9H2,1-2H3. The van der Waals surface area contributed by atoms with Crippen molar-refractivity contribution in [2.75, 3.05) is 5.73 Å². The quantitative estimate of drug-likeness (QED) is 0.747. The minimum Gasteiger partial charge on any atom is -0.383 e. The molecule has 0 aliphatic heterocycles. The highest BCUT2D eigenvalue weighted by Crippen LogP contribution is 2.26. The Balaban J connectivity index is 2.53. The number of thiazole rings is 1. The topological polar surface area (TPSA) is 56.7 Å². The zero-order valence-corrected chi connectivity index (χ0v) is 8.30. The Bertz CT molecular complexity index is 410. The first kappa shape index (κ1) is 8.25. The average molecular weight is 194 g/mol. The predicted molar refractivity (Wildman–Crippen MR) is 53.5 cm³/mol. The van der Waals surface area contributed by atoms with E-state index in [1.54, 1.807) is 17.5 Å². The molecule has 0 saturated heterocycles. The van der Waals surface area contributed by atoms with Crippen molar-refractivity contribution in [3.63, 3.8) is 0 Å². The van der Waals surface area contributed by atoms with Crippen LogP contribution in [-0.2, 0) is 7.05 Å². The van der Waals surface area contributed by atoms with E-state index in [4.69, 9.17) is 5.73 Å². The number of aryl methyl sites for hydroxylation is 2. The predicted octanol–water partition coefficient (Wildman–Crippen LogP) is 1.43. The maximum atomic E-state index is 5.66. The van der Waals surface area contributed by atoms with Crippen LogP contribution in [0.5, 0.6) is 0 Å². The first-order valence-corrected chi connectivity index (χ1v) is 4.70. The van der Waals surface area contributed by atoms with Gasteiger partial charge in [0.05, 0.1) is 0 Å². The van der Waals surface area contributed by atoms with Gasteiger partial charge in [0, 0.05) is 24.3 Å². The van der Waals surface area contributed by atoms with E-state index in [9.17, 15) is 0 Å². The third kappa shape index (κ3) is 1.31. The SMILES string of the molecule is Cc1sc(-c2nccn2C)nc1N. The van der Waals surface area contributed by atoms with Crippen molar-refractivity contribution < 1.29 is 0 Å². The van der Waals surface area contributed by atoms with E-state index in [-0.39, 0.29) is 0 Å². The highest BCUT2D eigenvalue weighted by atomic mass is 32.1. The number of anilines is 1. The number of aromatic nitrogens is 3. The van der Waals surface area contributed by atoms with Gasteiger partial charge in [-0.05, 0) is 6.92 Å². The normalized spacial score (nSPS) is 10.6. The van der Waals surface area contributed by atoms with Crippen molar-refractivity contribution in [1.82, 2.24) is 14.5 Å². The zero-order valence-electron chi connectivity index (χ0n) is 7.48. The average Bonchev–Trinajstić information content (AvgIpc) is 2.60. The van der Waals surface area contributed by atoms with Gasteiger partial charge in [0.25, 0.3) is 0 Å². The van der Waals surface area contributed by atoms with E-state index < -0.39 is 0 Å². The number of hydrogen-bond donors (Lipinski definition) is 1. The molecular weight excluding hydrogens is 184 g/mol. The first-order chi connectivity index (χ1) is 6.18. The van der Waals surface area contributed by atoms with Crippen LogP contribution < -0.4 is 5.73 Å². The van der Waals surface area contributed by atoms with Gasteiger partial charge in [-0.15, -0.1) is 11.3 Å². The molecule has 0 radical (unpaired) electrons. The van der Waals surface area contributed by atoms with Crippen molar-refractivity contribution >= 4 is 17.2 Å². The largest absolute Gasteiger partial charge is 0.383 e. The Kier molecular flexibility index (Phi) is 1.81. The molecule has 2 N–H and O–H groups in total. The second kappa shape index (κ2) is 2.85. The fourth-order valence-electron chi connectivity index (χ4n) is 1.08. The molecule has 68 valence electrons. The summed E-state index contributed by atoms with van der Waals surface area (Å²) < 4.78 is 1.93. The molecule has 0 atom stereocenters. The summed E-state index contributed by atoms with van der Waals surface area (Å²) in [5, 5.41) is 0.877. The molecule has 2 rings (SSSR count). The molecule has 2 aromatic rings. The van der Waals surface area contributed by atoms with Gasteiger partial charge in [0.15, 0.2) is 10.8 Å². The summed E-state index contributed by atoms with van der Waals surface area (Å²) in [6, 6.07) is 0. The Labute approximate surface area is 80.1 Å². The third-order valence-electron chi connectivity index (χ3n) is 1.84. The summed E-state index contributed by atoms with van der Waals surface area (Å²) in [4.78, 5) is 9.46. The molecule has 4 nitrogen and oxygen atoms in total. The van der Waals surface area contributed by atoms with Gasteiger partial charge in [-0.2, -0.15) is 0 Å². The number of nitrogens with two attached hydrogens (primary N) is 1. The highest BCUT2D eigenvalue weighted by Gasteiger charge is 2.09. The second-order valence-electron chi connectivity index (χ2n) is 2.82. The van der Waals surface area contributed by atoms with Crippen LogP contribution in [0.4, 0.5) is 5.82 Å². The molecule has 0 saturated carbocycles. The van der Waals surface area contributed by atoms with Gasteiger partial charge in [0.2, 0.25) is 0 Å². The fraction of sp³-hybridized carbons (Fsp3) is 0.250. The van der Waals surface area contributed by atoms with Crippen LogP contribution in [0.25, 0.3) is 10.8 Å². The van der Waals surface area contributed by atoms with Crippen LogP contribution >= 0.6 is 11.3 Å².